The lowest BCUT2D eigenvalue weighted by Gasteiger charge is -2.13. The molecule has 0 saturated carbocycles. The van der Waals surface area contributed by atoms with E-state index in [2.05, 4.69) is 48.5 Å². The Morgan fingerprint density at radius 2 is 0.597 bits per heavy atom. The standard InChI is InChI=1S/C57H37N5/c1-2-14-38(15-3-1)39-28-30-40(31-29-39)43-16-12-17-44(36-43)41-32-34-42(35-33-41)45-18-13-19-46(37-45)55-58-56(61-51-24-8-4-20-47(51)48-21-5-9-25-52(48)61)60-57(59-55)62-53-26-10-6-22-49(53)50-23-7-11-27-54(50)62/h1-37H/i4D,5D,6D,7D,8D,9D,10D,11D,20D,21D,22D,23D,24D,25D,26D,27D. The third-order valence-corrected chi connectivity index (χ3v) is 10.9. The first-order chi connectivity index (χ1) is 37.4. The highest BCUT2D eigenvalue weighted by Gasteiger charge is 2.20. The average Bonchev–Trinajstić information content (AvgIpc) is 4.26. The van der Waals surface area contributed by atoms with Gasteiger partial charge in [-0.25, -0.2) is 0 Å². The van der Waals surface area contributed by atoms with Crippen molar-refractivity contribution in [2.45, 2.75) is 0 Å². The van der Waals surface area contributed by atoms with E-state index < -0.39 is 109 Å². The second-order valence-corrected chi connectivity index (χ2v) is 14.5. The Morgan fingerprint density at radius 3 is 1.00 bits per heavy atom. The molecule has 0 unspecified atom stereocenters. The summed E-state index contributed by atoms with van der Waals surface area (Å²) in [5, 5.41) is -1.05. The van der Waals surface area contributed by atoms with Crippen LogP contribution in [0.15, 0.2) is 224 Å². The van der Waals surface area contributed by atoms with Gasteiger partial charge in [0.1, 0.15) is 0 Å². The van der Waals surface area contributed by atoms with Crippen molar-refractivity contribution in [2.24, 2.45) is 0 Å². The number of para-hydroxylation sites is 4. The highest BCUT2D eigenvalue weighted by Crippen LogP contribution is 2.36. The predicted octanol–water partition coefficient (Wildman–Crippen LogP) is 14.4. The van der Waals surface area contributed by atoms with Gasteiger partial charge < -0.3 is 0 Å². The van der Waals surface area contributed by atoms with Gasteiger partial charge in [0, 0.05) is 27.1 Å². The smallest absolute Gasteiger partial charge is 0.240 e. The zero-order valence-electron chi connectivity index (χ0n) is 48.4. The van der Waals surface area contributed by atoms with E-state index in [0.717, 1.165) is 48.1 Å². The lowest BCUT2D eigenvalue weighted by molar-refractivity contribution is 0.893. The Hall–Kier alpha value is -8.41. The highest BCUT2D eigenvalue weighted by molar-refractivity contribution is 6.10. The minimum atomic E-state index is -0.698. The summed E-state index contributed by atoms with van der Waals surface area (Å²) in [4.78, 5) is 14.5. The topological polar surface area (TPSA) is 48.5 Å². The molecule has 9 aromatic carbocycles. The summed E-state index contributed by atoms with van der Waals surface area (Å²) in [5.41, 5.74) is 6.81. The molecule has 0 fully saturated rings. The van der Waals surface area contributed by atoms with Gasteiger partial charge in [-0.1, -0.05) is 188 Å². The molecule has 3 heterocycles. The quantitative estimate of drug-likeness (QED) is 0.161. The average molecular weight is 808 g/mol. The molecule has 0 amide bonds. The molecule has 0 spiro atoms. The molecule has 0 N–H and O–H groups in total. The van der Waals surface area contributed by atoms with Crippen LogP contribution in [0.3, 0.4) is 0 Å². The van der Waals surface area contributed by atoms with E-state index in [1.165, 1.54) is 0 Å². The first kappa shape index (κ1) is 22.8. The van der Waals surface area contributed by atoms with E-state index in [1.807, 2.05) is 60.7 Å². The number of rotatable bonds is 7. The van der Waals surface area contributed by atoms with Crippen LogP contribution in [0.25, 0.3) is 111 Å². The van der Waals surface area contributed by atoms with Crippen LogP contribution in [-0.4, -0.2) is 24.1 Å². The first-order valence-electron chi connectivity index (χ1n) is 27.6. The zero-order chi connectivity index (χ0) is 54.9. The fourth-order valence-corrected chi connectivity index (χ4v) is 7.98. The molecule has 12 aromatic rings. The van der Waals surface area contributed by atoms with Crippen LogP contribution in [0.1, 0.15) is 21.9 Å². The van der Waals surface area contributed by atoms with Crippen molar-refractivity contribution in [3.63, 3.8) is 0 Å². The number of aromatic nitrogens is 5. The maximum Gasteiger partial charge on any atom is 0.240 e. The van der Waals surface area contributed by atoms with E-state index in [1.54, 1.807) is 18.2 Å². The molecular formula is C57H37N5. The molecule has 290 valence electrons. The molecule has 0 saturated heterocycles. The van der Waals surface area contributed by atoms with Gasteiger partial charge in [0.05, 0.1) is 44.0 Å². The van der Waals surface area contributed by atoms with Gasteiger partial charge in [0.15, 0.2) is 5.82 Å². The molecule has 0 aliphatic heterocycles. The molecule has 62 heavy (non-hydrogen) atoms. The Kier molecular flexibility index (Phi) is 5.41. The van der Waals surface area contributed by atoms with Crippen molar-refractivity contribution < 1.29 is 21.9 Å². The predicted molar refractivity (Wildman–Crippen MR) is 256 cm³/mol. The first-order valence-corrected chi connectivity index (χ1v) is 19.6. The molecule has 12 rings (SSSR count). The van der Waals surface area contributed by atoms with Gasteiger partial charge in [-0.2, -0.15) is 15.0 Å². The van der Waals surface area contributed by atoms with Crippen molar-refractivity contribution in [1.82, 2.24) is 24.1 Å². The maximum atomic E-state index is 9.22. The van der Waals surface area contributed by atoms with Gasteiger partial charge in [-0.05, 0) is 80.8 Å². The lowest BCUT2D eigenvalue weighted by atomic mass is 9.96. The summed E-state index contributed by atoms with van der Waals surface area (Å²) in [7, 11) is 0. The van der Waals surface area contributed by atoms with Gasteiger partial charge in [-0.15, -0.1) is 0 Å². The minimum absolute atomic E-state index is 0.143. The minimum Gasteiger partial charge on any atom is -0.278 e. The molecule has 0 atom stereocenters. The lowest BCUT2D eigenvalue weighted by Crippen LogP contribution is -2.10. The number of benzene rings is 9. The van der Waals surface area contributed by atoms with Gasteiger partial charge in [0.2, 0.25) is 11.9 Å². The largest absolute Gasteiger partial charge is 0.278 e. The van der Waals surface area contributed by atoms with Crippen molar-refractivity contribution in [3.8, 4) is 67.8 Å². The molecule has 0 bridgehead atoms. The maximum absolute atomic E-state index is 9.22. The Labute approximate surface area is 381 Å². The van der Waals surface area contributed by atoms with E-state index in [0.29, 0.717) is 11.1 Å². The van der Waals surface area contributed by atoms with Crippen LogP contribution in [0.2, 0.25) is 0 Å². The second kappa shape index (κ2) is 14.7. The molecular weight excluding hydrogens is 755 g/mol. The van der Waals surface area contributed by atoms with Crippen molar-refractivity contribution >= 4 is 43.6 Å². The fourth-order valence-electron chi connectivity index (χ4n) is 7.98. The van der Waals surface area contributed by atoms with E-state index in [-0.39, 0.29) is 49.4 Å². The second-order valence-electron chi connectivity index (χ2n) is 14.5. The molecule has 0 aliphatic carbocycles. The highest BCUT2D eigenvalue weighted by atomic mass is 15.3. The van der Waals surface area contributed by atoms with Crippen LogP contribution in [0, 0.1) is 0 Å². The number of hydrogen-bond donors (Lipinski definition) is 0. The molecule has 3 aromatic heterocycles. The van der Waals surface area contributed by atoms with E-state index in [4.69, 9.17) is 31.4 Å². The molecule has 0 radical (unpaired) electrons. The van der Waals surface area contributed by atoms with Gasteiger partial charge in [-0.3, -0.25) is 9.13 Å². The fraction of sp³-hybridized carbons (Fsp3) is 0. The third-order valence-electron chi connectivity index (χ3n) is 10.9. The Balaban J connectivity index is 1.07. The summed E-state index contributed by atoms with van der Waals surface area (Å²) in [6, 6.07) is 31.3. The molecule has 5 heteroatoms. The van der Waals surface area contributed by atoms with Gasteiger partial charge in [0.25, 0.3) is 0 Å². The monoisotopic (exact) mass is 807 g/mol. The van der Waals surface area contributed by atoms with Crippen molar-refractivity contribution in [3.05, 3.63) is 224 Å². The number of fused-ring (bicyclic) bond motifs is 6. The normalized spacial score (nSPS) is 15.2. The van der Waals surface area contributed by atoms with Crippen LogP contribution in [-0.2, 0) is 0 Å². The SMILES string of the molecule is [2H]c1c([2H])c([2H])c2c(c1[2H])c1c([2H])c([2H])c([2H])c([2H])c1n2-c1nc(-c2cccc(-c3ccc(-c4cccc(-c5ccc(-c6ccccc6)cc5)c4)cc3)c2)nc(-n2c3c([2H])c([2H])c([2H])c([2H])c3c3c([2H])c([2H])c([2H])c([2H])c32)n1. The van der Waals surface area contributed by atoms with Gasteiger partial charge >= 0.3 is 0 Å². The summed E-state index contributed by atoms with van der Waals surface area (Å²) in [5.74, 6) is -1.08. The van der Waals surface area contributed by atoms with Crippen molar-refractivity contribution in [1.29, 1.82) is 0 Å². The van der Waals surface area contributed by atoms with Crippen LogP contribution in [0.5, 0.6) is 0 Å². The number of hydrogen-bond acceptors (Lipinski definition) is 3. The Bertz CT molecular complexity index is 4230. The third kappa shape index (κ3) is 6.06. The van der Waals surface area contributed by atoms with Crippen LogP contribution < -0.4 is 0 Å². The zero-order valence-corrected chi connectivity index (χ0v) is 32.4. The van der Waals surface area contributed by atoms with Crippen LogP contribution >= 0.6 is 0 Å². The summed E-state index contributed by atoms with van der Waals surface area (Å²) in [6.07, 6.45) is 0. The molecule has 5 nitrogen and oxygen atoms in total. The number of nitrogens with zero attached hydrogens (tertiary/aromatic N) is 5. The van der Waals surface area contributed by atoms with E-state index >= 15 is 0 Å². The summed E-state index contributed by atoms with van der Waals surface area (Å²) in [6.45, 7) is 0. The van der Waals surface area contributed by atoms with Crippen molar-refractivity contribution in [2.75, 3.05) is 0 Å². The molecule has 0 aliphatic rings. The Morgan fingerprint density at radius 1 is 0.290 bits per heavy atom. The van der Waals surface area contributed by atoms with Crippen LogP contribution in [0.4, 0.5) is 0 Å². The summed E-state index contributed by atoms with van der Waals surface area (Å²) < 4.78 is 144. The van der Waals surface area contributed by atoms with E-state index in [9.17, 15) is 5.48 Å². The summed E-state index contributed by atoms with van der Waals surface area (Å²) >= 11 is 0.